The van der Waals surface area contributed by atoms with Gasteiger partial charge in [-0.15, -0.1) is 0 Å². The lowest BCUT2D eigenvalue weighted by Crippen LogP contribution is -2.15. The fraction of sp³-hybridized carbons (Fsp3) is 0. The predicted octanol–water partition coefficient (Wildman–Crippen LogP) is 6.13. The van der Waals surface area contributed by atoms with Crippen molar-refractivity contribution in [1.29, 1.82) is 0 Å². The second-order valence-electron chi connectivity index (χ2n) is 4.43. The third-order valence-electron chi connectivity index (χ3n) is 2.77. The van der Waals surface area contributed by atoms with Gasteiger partial charge in [0, 0.05) is 10.6 Å². The van der Waals surface area contributed by atoms with Gasteiger partial charge in [-0.2, -0.15) is 0 Å². The molecule has 24 heavy (non-hydrogen) atoms. The highest BCUT2D eigenvalue weighted by atomic mass is 35.5. The van der Waals surface area contributed by atoms with Crippen molar-refractivity contribution in [3.63, 3.8) is 0 Å². The minimum atomic E-state index is -0.367. The van der Waals surface area contributed by atoms with Crippen LogP contribution in [-0.2, 0) is 0 Å². The van der Waals surface area contributed by atoms with Crippen molar-refractivity contribution in [2.24, 2.45) is 0 Å². The van der Waals surface area contributed by atoms with E-state index in [1.54, 1.807) is 12.1 Å². The Labute approximate surface area is 158 Å². The van der Waals surface area contributed by atoms with E-state index in [0.29, 0.717) is 5.69 Å². The summed E-state index contributed by atoms with van der Waals surface area (Å²) in [6.45, 7) is 0. The number of para-hydroxylation sites is 1. The topological polar surface area (TPSA) is 58.6 Å². The summed E-state index contributed by atoms with van der Waals surface area (Å²) in [6.07, 6.45) is 0. The van der Waals surface area contributed by atoms with Crippen molar-refractivity contribution in [1.82, 2.24) is 5.23 Å². The zero-order valence-electron chi connectivity index (χ0n) is 12.1. The van der Waals surface area contributed by atoms with Gasteiger partial charge in [0.1, 0.15) is 15.2 Å². The number of hydrogen-bond donors (Lipinski definition) is 2. The summed E-state index contributed by atoms with van der Waals surface area (Å²) < 4.78 is -0.331. The number of halogens is 3. The molecule has 0 unspecified atom stereocenters. The molecular formula is C16H12Cl3N2O2S-. The first kappa shape index (κ1) is 19.0. The third-order valence-corrected chi connectivity index (χ3v) is 4.72. The quantitative estimate of drug-likeness (QED) is 0.345. The van der Waals surface area contributed by atoms with E-state index in [9.17, 15) is 10.4 Å². The SMILES string of the molecule is [O-]N(O)/C(C(Cl)=C(Cl)Cl)=C(\Nc1ccccc1)Sc1ccccc1. The van der Waals surface area contributed by atoms with Crippen LogP contribution in [0.1, 0.15) is 0 Å². The van der Waals surface area contributed by atoms with Gasteiger partial charge in [0.15, 0.2) is 0 Å². The number of hydrogen-bond acceptors (Lipinski definition) is 5. The fourth-order valence-corrected chi connectivity index (χ4v) is 3.13. The van der Waals surface area contributed by atoms with Crippen LogP contribution in [0.25, 0.3) is 0 Å². The summed E-state index contributed by atoms with van der Waals surface area (Å²) in [7, 11) is 0. The molecule has 0 spiro atoms. The average Bonchev–Trinajstić information content (AvgIpc) is 2.56. The molecule has 2 rings (SSSR count). The fourth-order valence-electron chi connectivity index (χ4n) is 1.75. The summed E-state index contributed by atoms with van der Waals surface area (Å²) in [5.74, 6) is 0. The molecule has 4 nitrogen and oxygen atoms in total. The van der Waals surface area contributed by atoms with Gasteiger partial charge in [-0.05, 0) is 24.3 Å². The van der Waals surface area contributed by atoms with Gasteiger partial charge in [-0.3, -0.25) is 5.21 Å². The van der Waals surface area contributed by atoms with Crippen molar-refractivity contribution in [2.75, 3.05) is 5.32 Å². The molecule has 0 saturated carbocycles. The second-order valence-corrected chi connectivity index (χ2v) is 6.84. The molecule has 0 saturated heterocycles. The third kappa shape index (κ3) is 5.34. The maximum absolute atomic E-state index is 11.6. The van der Waals surface area contributed by atoms with Crippen LogP contribution < -0.4 is 5.32 Å². The number of nitrogens with zero attached hydrogens (tertiary/aromatic N) is 1. The first-order chi connectivity index (χ1) is 11.5. The van der Waals surface area contributed by atoms with Gasteiger partial charge in [0.05, 0.1) is 5.03 Å². The number of hydroxylamine groups is 2. The van der Waals surface area contributed by atoms with Crippen molar-refractivity contribution >= 4 is 52.3 Å². The smallest absolute Gasteiger partial charge is 0.127 e. The molecule has 126 valence electrons. The van der Waals surface area contributed by atoms with E-state index in [0.717, 1.165) is 4.90 Å². The van der Waals surface area contributed by atoms with E-state index >= 15 is 0 Å². The van der Waals surface area contributed by atoms with Crippen molar-refractivity contribution in [2.45, 2.75) is 4.90 Å². The van der Waals surface area contributed by atoms with Crippen LogP contribution in [0.15, 0.2) is 85.8 Å². The van der Waals surface area contributed by atoms with E-state index in [4.69, 9.17) is 34.8 Å². The van der Waals surface area contributed by atoms with E-state index in [-0.39, 0.29) is 25.5 Å². The Kier molecular flexibility index (Phi) is 7.30. The average molecular weight is 403 g/mol. The molecule has 2 N–H and O–H groups in total. The Hall–Kier alpha value is -1.34. The molecule has 0 aliphatic carbocycles. The summed E-state index contributed by atoms with van der Waals surface area (Å²) in [5.41, 5.74) is 0.416. The number of benzene rings is 2. The van der Waals surface area contributed by atoms with E-state index in [1.165, 1.54) is 11.8 Å². The lowest BCUT2D eigenvalue weighted by Gasteiger charge is -2.28. The molecule has 0 heterocycles. The van der Waals surface area contributed by atoms with Gasteiger partial charge in [-0.25, -0.2) is 0 Å². The molecule has 8 heteroatoms. The first-order valence-electron chi connectivity index (χ1n) is 6.65. The van der Waals surface area contributed by atoms with E-state index in [2.05, 4.69) is 5.32 Å². The van der Waals surface area contributed by atoms with Crippen LogP contribution in [0, 0.1) is 5.21 Å². The van der Waals surface area contributed by atoms with Crippen LogP contribution in [0.5, 0.6) is 0 Å². The molecular weight excluding hydrogens is 391 g/mol. The summed E-state index contributed by atoms with van der Waals surface area (Å²) in [4.78, 5) is 0.824. The number of allylic oxidation sites excluding steroid dienone is 1. The van der Waals surface area contributed by atoms with Crippen LogP contribution in [-0.4, -0.2) is 10.4 Å². The van der Waals surface area contributed by atoms with Gasteiger partial charge >= 0.3 is 0 Å². The highest BCUT2D eigenvalue weighted by Crippen LogP contribution is 2.36. The minimum Gasteiger partial charge on any atom is -0.733 e. The monoisotopic (exact) mass is 401 g/mol. The van der Waals surface area contributed by atoms with Crippen LogP contribution in [0.4, 0.5) is 5.69 Å². The molecule has 0 aliphatic rings. The molecule has 0 radical (unpaired) electrons. The molecule has 0 fully saturated rings. The first-order valence-corrected chi connectivity index (χ1v) is 8.60. The zero-order chi connectivity index (χ0) is 17.5. The van der Waals surface area contributed by atoms with Gasteiger partial charge in [-0.1, -0.05) is 83.0 Å². The van der Waals surface area contributed by atoms with Crippen LogP contribution in [0.3, 0.4) is 0 Å². The maximum atomic E-state index is 11.6. The molecule has 0 aliphatic heterocycles. The number of nitrogens with one attached hydrogen (secondary N) is 1. The zero-order valence-corrected chi connectivity index (χ0v) is 15.2. The Balaban J connectivity index is 2.50. The Morgan fingerprint density at radius 1 is 0.958 bits per heavy atom. The number of rotatable bonds is 6. The highest BCUT2D eigenvalue weighted by molar-refractivity contribution is 8.03. The molecule has 0 aromatic heterocycles. The van der Waals surface area contributed by atoms with Crippen molar-refractivity contribution in [3.05, 3.63) is 86.1 Å². The van der Waals surface area contributed by atoms with Crippen molar-refractivity contribution in [3.8, 4) is 0 Å². The largest absolute Gasteiger partial charge is 0.733 e. The Bertz CT molecular complexity index is 690. The lowest BCUT2D eigenvalue weighted by atomic mass is 10.3. The molecule has 0 amide bonds. The Morgan fingerprint density at radius 2 is 1.50 bits per heavy atom. The number of anilines is 1. The minimum absolute atomic E-state index is 0.266. The van der Waals surface area contributed by atoms with E-state index < -0.39 is 0 Å². The predicted molar refractivity (Wildman–Crippen MR) is 101 cm³/mol. The second kappa shape index (κ2) is 9.22. The highest BCUT2D eigenvalue weighted by Gasteiger charge is 2.17. The van der Waals surface area contributed by atoms with Gasteiger partial charge in [0.2, 0.25) is 0 Å². The van der Waals surface area contributed by atoms with Crippen molar-refractivity contribution < 1.29 is 5.21 Å². The van der Waals surface area contributed by atoms with Crippen LogP contribution in [0.2, 0.25) is 0 Å². The lowest BCUT2D eigenvalue weighted by molar-refractivity contribution is 0.00000614. The summed E-state index contributed by atoms with van der Waals surface area (Å²) in [6, 6.07) is 18.4. The molecule has 0 atom stereocenters. The summed E-state index contributed by atoms with van der Waals surface area (Å²) >= 11 is 18.6. The van der Waals surface area contributed by atoms with Gasteiger partial charge < -0.3 is 15.8 Å². The van der Waals surface area contributed by atoms with Crippen LogP contribution >= 0.6 is 46.6 Å². The molecule has 2 aromatic rings. The molecule has 2 aromatic carbocycles. The Morgan fingerprint density at radius 3 is 2.00 bits per heavy atom. The standard InChI is InChI=1S/C16H12Cl3N2O2S/c17-13(15(18)19)14(21(22)23)16(20-11-7-3-1-4-8-11)24-12-9-5-2-6-10-12/h1-10,20,22H/q-1/b16-14+. The van der Waals surface area contributed by atoms with E-state index in [1.807, 2.05) is 48.5 Å². The maximum Gasteiger partial charge on any atom is 0.127 e. The number of thioether (sulfide) groups is 1. The normalized spacial score (nSPS) is 11.5. The van der Waals surface area contributed by atoms with Gasteiger partial charge in [0.25, 0.3) is 0 Å². The molecule has 0 bridgehead atoms. The summed E-state index contributed by atoms with van der Waals surface area (Å²) in [5, 5.41) is 23.8.